The van der Waals surface area contributed by atoms with Gasteiger partial charge in [0.1, 0.15) is 0 Å². The van der Waals surface area contributed by atoms with Crippen molar-refractivity contribution in [3.8, 4) is 0 Å². The Morgan fingerprint density at radius 3 is 2.54 bits per heavy atom. The Labute approximate surface area is 187 Å². The molecule has 2 fully saturated rings. The minimum absolute atomic E-state index is 0. The normalized spacial score (nSPS) is 19.5. The first-order valence-corrected chi connectivity index (χ1v) is 12.0. The van der Waals surface area contributed by atoms with Crippen molar-refractivity contribution in [2.45, 2.75) is 50.7 Å². The predicted molar refractivity (Wildman–Crippen MR) is 127 cm³/mol. The van der Waals surface area contributed by atoms with E-state index in [0.717, 1.165) is 24.6 Å². The van der Waals surface area contributed by atoms with Crippen LogP contribution in [0.2, 0.25) is 0 Å². The topological polar surface area (TPSA) is 61.8 Å². The number of hydrogen-bond acceptors (Lipinski definition) is 3. The summed E-state index contributed by atoms with van der Waals surface area (Å²) in [5.74, 6) is 1.26. The van der Waals surface area contributed by atoms with E-state index in [4.69, 9.17) is 0 Å². The first-order chi connectivity index (χ1) is 13.0. The van der Waals surface area contributed by atoms with Gasteiger partial charge in [-0.2, -0.15) is 0 Å². The third-order valence-electron chi connectivity index (χ3n) is 6.01. The summed E-state index contributed by atoms with van der Waals surface area (Å²) in [6.45, 7) is 2.80. The Morgan fingerprint density at radius 1 is 1.14 bits per heavy atom. The van der Waals surface area contributed by atoms with Crippen LogP contribution in [0.15, 0.2) is 35.3 Å². The third-order valence-corrected chi connectivity index (χ3v) is 7.69. The van der Waals surface area contributed by atoms with Gasteiger partial charge in [-0.05, 0) is 36.7 Å². The molecule has 3 rings (SSSR count). The lowest BCUT2D eigenvalue weighted by atomic mass is 9.73. The number of rotatable bonds is 6. The number of guanidine groups is 1. The lowest BCUT2D eigenvalue weighted by Crippen LogP contribution is -2.42. The molecule has 1 aromatic carbocycles. The van der Waals surface area contributed by atoms with E-state index in [-0.39, 0.29) is 35.5 Å². The van der Waals surface area contributed by atoms with Gasteiger partial charge in [-0.1, -0.05) is 49.6 Å². The summed E-state index contributed by atoms with van der Waals surface area (Å²) in [7, 11) is -1.25. The number of halogens is 1. The molecule has 1 saturated heterocycles. The summed E-state index contributed by atoms with van der Waals surface area (Å²) in [4.78, 5) is 6.80. The van der Waals surface area contributed by atoms with Crippen LogP contribution in [-0.2, 0) is 15.6 Å². The monoisotopic (exact) mass is 519 g/mol. The van der Waals surface area contributed by atoms with Gasteiger partial charge in [-0.15, -0.1) is 24.0 Å². The van der Waals surface area contributed by atoms with Crippen LogP contribution in [0.5, 0.6) is 0 Å². The molecule has 7 heteroatoms. The van der Waals surface area contributed by atoms with Crippen molar-refractivity contribution in [2.75, 3.05) is 32.4 Å². The summed E-state index contributed by atoms with van der Waals surface area (Å²) in [6, 6.07) is 9.40. The predicted octanol–water partition coefficient (Wildman–Crippen LogP) is 3.84. The number of benzene rings is 1. The van der Waals surface area contributed by atoms with Crippen molar-refractivity contribution in [2.24, 2.45) is 10.4 Å². The average Bonchev–Trinajstić information content (AvgIpc) is 3.06. The molecule has 1 N–H and O–H groups in total. The molecule has 1 heterocycles. The third kappa shape index (κ3) is 6.61. The van der Waals surface area contributed by atoms with Crippen LogP contribution in [0, 0.1) is 5.41 Å². The van der Waals surface area contributed by atoms with Crippen molar-refractivity contribution in [1.82, 2.24) is 10.2 Å². The fourth-order valence-electron chi connectivity index (χ4n) is 4.55. The Kier molecular flexibility index (Phi) is 9.05. The summed E-state index contributed by atoms with van der Waals surface area (Å²) >= 11 is 0. The molecule has 0 atom stereocenters. The summed E-state index contributed by atoms with van der Waals surface area (Å²) in [6.07, 6.45) is 8.66. The van der Waals surface area contributed by atoms with E-state index in [2.05, 4.69) is 15.2 Å². The molecule has 5 nitrogen and oxygen atoms in total. The lowest BCUT2D eigenvalue weighted by molar-refractivity contribution is 0.203. The SMILES string of the molecule is CN=C(NCCCS(=O)(=O)Cc1ccccc1)N1CCC2(CCCCC2)C1.I. The maximum absolute atomic E-state index is 12.3. The lowest BCUT2D eigenvalue weighted by Gasteiger charge is -2.33. The quantitative estimate of drug-likeness (QED) is 0.269. The molecule has 0 unspecified atom stereocenters. The molecule has 28 heavy (non-hydrogen) atoms. The molecule has 1 saturated carbocycles. The van der Waals surface area contributed by atoms with E-state index < -0.39 is 9.84 Å². The van der Waals surface area contributed by atoms with Crippen molar-refractivity contribution in [3.63, 3.8) is 0 Å². The van der Waals surface area contributed by atoms with Crippen LogP contribution in [0.1, 0.15) is 50.5 Å². The number of sulfone groups is 1. The molecule has 0 aromatic heterocycles. The molecule has 0 bridgehead atoms. The summed E-state index contributed by atoms with van der Waals surface area (Å²) in [5, 5.41) is 3.38. The van der Waals surface area contributed by atoms with Crippen LogP contribution < -0.4 is 5.32 Å². The van der Waals surface area contributed by atoms with Crippen molar-refractivity contribution < 1.29 is 8.42 Å². The minimum atomic E-state index is -3.07. The van der Waals surface area contributed by atoms with Crippen molar-refractivity contribution >= 4 is 39.8 Å². The van der Waals surface area contributed by atoms with Gasteiger partial charge in [-0.3, -0.25) is 4.99 Å². The number of hydrogen-bond donors (Lipinski definition) is 1. The van der Waals surface area contributed by atoms with Crippen LogP contribution in [0.3, 0.4) is 0 Å². The van der Waals surface area contributed by atoms with Crippen LogP contribution in [-0.4, -0.2) is 51.7 Å². The number of likely N-dealkylation sites (tertiary alicyclic amines) is 1. The van der Waals surface area contributed by atoms with Crippen LogP contribution in [0.25, 0.3) is 0 Å². The van der Waals surface area contributed by atoms with E-state index in [1.54, 1.807) is 0 Å². The van der Waals surface area contributed by atoms with E-state index >= 15 is 0 Å². The highest BCUT2D eigenvalue weighted by molar-refractivity contribution is 14.0. The summed E-state index contributed by atoms with van der Waals surface area (Å²) < 4.78 is 24.6. The van der Waals surface area contributed by atoms with E-state index in [9.17, 15) is 8.42 Å². The number of nitrogens with one attached hydrogen (secondary N) is 1. The zero-order chi connectivity index (χ0) is 19.2. The van der Waals surface area contributed by atoms with Gasteiger partial charge in [0.25, 0.3) is 0 Å². The first kappa shape index (κ1) is 23.4. The van der Waals surface area contributed by atoms with E-state index in [0.29, 0.717) is 18.4 Å². The minimum Gasteiger partial charge on any atom is -0.356 e. The van der Waals surface area contributed by atoms with E-state index in [1.165, 1.54) is 38.5 Å². The Morgan fingerprint density at radius 2 is 1.86 bits per heavy atom. The Hall–Kier alpha value is -0.830. The van der Waals surface area contributed by atoms with Crippen molar-refractivity contribution in [1.29, 1.82) is 0 Å². The second-order valence-electron chi connectivity index (χ2n) is 8.14. The van der Waals surface area contributed by atoms with Gasteiger partial charge >= 0.3 is 0 Å². The Balaban J connectivity index is 0.00000280. The highest BCUT2D eigenvalue weighted by atomic mass is 127. The largest absolute Gasteiger partial charge is 0.356 e. The molecular weight excluding hydrogens is 485 g/mol. The van der Waals surface area contributed by atoms with Gasteiger partial charge in [0.2, 0.25) is 0 Å². The number of nitrogens with zero attached hydrogens (tertiary/aromatic N) is 2. The highest BCUT2D eigenvalue weighted by Crippen LogP contribution is 2.43. The average molecular weight is 519 g/mol. The maximum atomic E-state index is 12.3. The second-order valence-corrected chi connectivity index (χ2v) is 10.3. The van der Waals surface area contributed by atoms with Crippen molar-refractivity contribution in [3.05, 3.63) is 35.9 Å². The number of aliphatic imine (C=N–C) groups is 1. The van der Waals surface area contributed by atoms with Gasteiger partial charge in [0, 0.05) is 26.7 Å². The molecule has 1 aromatic rings. The molecule has 158 valence electrons. The molecule has 2 aliphatic rings. The summed E-state index contributed by atoms with van der Waals surface area (Å²) in [5.41, 5.74) is 1.35. The molecule has 0 radical (unpaired) electrons. The fourth-order valence-corrected chi connectivity index (χ4v) is 5.98. The molecule has 1 spiro atoms. The maximum Gasteiger partial charge on any atom is 0.193 e. The molecular formula is C21H34IN3O2S. The van der Waals surface area contributed by atoms with Crippen LogP contribution >= 0.6 is 24.0 Å². The molecule has 1 aliphatic heterocycles. The van der Waals surface area contributed by atoms with Gasteiger partial charge in [0.15, 0.2) is 15.8 Å². The molecule has 0 amide bonds. The smallest absolute Gasteiger partial charge is 0.193 e. The highest BCUT2D eigenvalue weighted by Gasteiger charge is 2.39. The zero-order valence-corrected chi connectivity index (χ0v) is 20.0. The Bertz CT molecular complexity index is 731. The first-order valence-electron chi connectivity index (χ1n) is 10.2. The van der Waals surface area contributed by atoms with Crippen LogP contribution in [0.4, 0.5) is 0 Å². The van der Waals surface area contributed by atoms with E-state index in [1.807, 2.05) is 37.4 Å². The van der Waals surface area contributed by atoms with Gasteiger partial charge in [-0.25, -0.2) is 8.42 Å². The second kappa shape index (κ2) is 10.8. The standard InChI is InChI=1S/C21H33N3O2S.HI/c1-22-20(24-15-13-21(18-24)11-6-3-7-12-21)23-14-8-16-27(25,26)17-19-9-4-2-5-10-19;/h2,4-5,9-10H,3,6-8,11-18H2,1H3,(H,22,23);1H. The fraction of sp³-hybridized carbons (Fsp3) is 0.667. The van der Waals surface area contributed by atoms with Gasteiger partial charge < -0.3 is 10.2 Å². The molecule has 1 aliphatic carbocycles. The van der Waals surface area contributed by atoms with Gasteiger partial charge in [0.05, 0.1) is 11.5 Å². The zero-order valence-electron chi connectivity index (χ0n) is 16.9.